The zero-order valence-corrected chi connectivity index (χ0v) is 21.2. The number of aromatic nitrogens is 1. The first-order valence-corrected chi connectivity index (χ1v) is 12.3. The van der Waals surface area contributed by atoms with Gasteiger partial charge in [0.05, 0.1) is 17.3 Å². The zero-order chi connectivity index (χ0) is 25.4. The summed E-state index contributed by atoms with van der Waals surface area (Å²) < 4.78 is 0. The largest absolute Gasteiger partial charge is 0.378 e. The lowest BCUT2D eigenvalue weighted by molar-refractivity contribution is -0.132. The SMILES string of the molecule is CCC(=O)N1N=C(c2c(-c3ccccc3)c3cc(Cl)ccc3[nH]c2=O)C[C@@H]1c1ccc(N(C)C)cc1. The van der Waals surface area contributed by atoms with Crippen molar-refractivity contribution in [2.45, 2.75) is 25.8 Å². The number of amides is 1. The van der Waals surface area contributed by atoms with Gasteiger partial charge in [0, 0.05) is 54.1 Å². The van der Waals surface area contributed by atoms with E-state index < -0.39 is 0 Å². The predicted molar refractivity (Wildman–Crippen MR) is 147 cm³/mol. The summed E-state index contributed by atoms with van der Waals surface area (Å²) in [4.78, 5) is 31.5. The Balaban J connectivity index is 1.69. The molecule has 0 bridgehead atoms. The van der Waals surface area contributed by atoms with Gasteiger partial charge in [0.1, 0.15) is 0 Å². The van der Waals surface area contributed by atoms with Crippen LogP contribution in [-0.2, 0) is 4.79 Å². The second kappa shape index (κ2) is 9.63. The van der Waals surface area contributed by atoms with Crippen LogP contribution in [0.15, 0.2) is 82.7 Å². The molecule has 182 valence electrons. The number of fused-ring (bicyclic) bond motifs is 1. The van der Waals surface area contributed by atoms with E-state index in [1.54, 1.807) is 6.07 Å². The van der Waals surface area contributed by atoms with Crippen LogP contribution in [0.1, 0.15) is 36.9 Å². The van der Waals surface area contributed by atoms with Gasteiger partial charge in [-0.2, -0.15) is 5.10 Å². The van der Waals surface area contributed by atoms with E-state index in [-0.39, 0.29) is 17.5 Å². The standard InChI is InChI=1S/C29H27ClN4O2/c1-4-26(35)34-25(18-10-13-21(14-11-18)33(2)3)17-24(32-34)28-27(19-8-6-5-7-9-19)22-16-20(30)12-15-23(22)31-29(28)36/h5-16,25H,4,17H2,1-3H3,(H,31,36)/t25-/m1/s1. The van der Waals surface area contributed by atoms with Crippen molar-refractivity contribution in [2.24, 2.45) is 5.10 Å². The van der Waals surface area contributed by atoms with Crippen LogP contribution in [-0.4, -0.2) is 35.7 Å². The van der Waals surface area contributed by atoms with E-state index >= 15 is 0 Å². The zero-order valence-electron chi connectivity index (χ0n) is 20.5. The molecule has 5 rings (SSSR count). The molecule has 1 N–H and O–H groups in total. The van der Waals surface area contributed by atoms with Crippen LogP contribution in [0.25, 0.3) is 22.0 Å². The molecule has 0 aliphatic carbocycles. The number of anilines is 1. The third-order valence-electron chi connectivity index (χ3n) is 6.59. The van der Waals surface area contributed by atoms with Gasteiger partial charge in [-0.25, -0.2) is 5.01 Å². The van der Waals surface area contributed by atoms with Crippen molar-refractivity contribution >= 4 is 39.8 Å². The molecule has 0 saturated heterocycles. The summed E-state index contributed by atoms with van der Waals surface area (Å²) in [6.45, 7) is 1.82. The molecular formula is C29H27ClN4O2. The molecule has 1 aliphatic heterocycles. The van der Waals surface area contributed by atoms with Crippen LogP contribution in [0.4, 0.5) is 5.69 Å². The molecule has 36 heavy (non-hydrogen) atoms. The summed E-state index contributed by atoms with van der Waals surface area (Å²) in [6, 6.07) is 23.0. The quantitative estimate of drug-likeness (QED) is 0.367. The first-order chi connectivity index (χ1) is 17.4. The summed E-state index contributed by atoms with van der Waals surface area (Å²) in [5.41, 5.74) is 5.21. The average molecular weight is 499 g/mol. The molecule has 0 radical (unpaired) electrons. The van der Waals surface area contributed by atoms with E-state index in [1.807, 2.05) is 92.6 Å². The summed E-state index contributed by atoms with van der Waals surface area (Å²) >= 11 is 6.37. The van der Waals surface area contributed by atoms with Crippen molar-refractivity contribution in [1.82, 2.24) is 9.99 Å². The molecule has 0 unspecified atom stereocenters. The number of halogens is 1. The lowest BCUT2D eigenvalue weighted by Gasteiger charge is -2.22. The number of pyridine rings is 1. The molecule has 7 heteroatoms. The second-order valence-electron chi connectivity index (χ2n) is 9.10. The number of benzene rings is 3. The average Bonchev–Trinajstić information content (AvgIpc) is 3.33. The number of carbonyl (C=O) groups excluding carboxylic acids is 1. The van der Waals surface area contributed by atoms with Crippen molar-refractivity contribution in [3.63, 3.8) is 0 Å². The van der Waals surface area contributed by atoms with Crippen LogP contribution in [0.5, 0.6) is 0 Å². The summed E-state index contributed by atoms with van der Waals surface area (Å²) in [6.07, 6.45) is 0.750. The fourth-order valence-corrected chi connectivity index (χ4v) is 4.92. The predicted octanol–water partition coefficient (Wildman–Crippen LogP) is 6.00. The number of hydrazone groups is 1. The van der Waals surface area contributed by atoms with Crippen molar-refractivity contribution in [2.75, 3.05) is 19.0 Å². The minimum Gasteiger partial charge on any atom is -0.378 e. The van der Waals surface area contributed by atoms with Gasteiger partial charge in [-0.05, 0) is 41.5 Å². The number of H-pyrrole nitrogens is 1. The van der Waals surface area contributed by atoms with Gasteiger partial charge >= 0.3 is 0 Å². The number of hydrogen-bond donors (Lipinski definition) is 1. The highest BCUT2D eigenvalue weighted by Gasteiger charge is 2.34. The van der Waals surface area contributed by atoms with E-state index in [4.69, 9.17) is 16.7 Å². The minimum absolute atomic E-state index is 0.0896. The van der Waals surface area contributed by atoms with Gasteiger partial charge in [-0.1, -0.05) is 61.0 Å². The number of nitrogens with zero attached hydrogens (tertiary/aromatic N) is 3. The molecule has 2 heterocycles. The highest BCUT2D eigenvalue weighted by atomic mass is 35.5. The molecule has 1 atom stereocenters. The Morgan fingerprint density at radius 3 is 2.44 bits per heavy atom. The highest BCUT2D eigenvalue weighted by molar-refractivity contribution is 6.31. The second-order valence-corrected chi connectivity index (χ2v) is 9.54. The van der Waals surface area contributed by atoms with Gasteiger partial charge in [-0.3, -0.25) is 9.59 Å². The number of hydrogen-bond acceptors (Lipinski definition) is 4. The lowest BCUT2D eigenvalue weighted by Crippen LogP contribution is -2.26. The van der Waals surface area contributed by atoms with Crippen molar-refractivity contribution in [3.05, 3.63) is 99.3 Å². The Morgan fingerprint density at radius 2 is 1.78 bits per heavy atom. The maximum absolute atomic E-state index is 13.5. The molecule has 0 saturated carbocycles. The van der Waals surface area contributed by atoms with E-state index in [0.717, 1.165) is 27.8 Å². The topological polar surface area (TPSA) is 68.8 Å². The van der Waals surface area contributed by atoms with E-state index in [9.17, 15) is 9.59 Å². The summed E-state index contributed by atoms with van der Waals surface area (Å²) in [7, 11) is 3.98. The molecule has 1 amide bonds. The van der Waals surface area contributed by atoms with Crippen molar-refractivity contribution in [1.29, 1.82) is 0 Å². The van der Waals surface area contributed by atoms with Crippen molar-refractivity contribution in [3.8, 4) is 11.1 Å². The third kappa shape index (κ3) is 4.29. The maximum Gasteiger partial charge on any atom is 0.258 e. The molecule has 6 nitrogen and oxygen atoms in total. The number of nitrogens with one attached hydrogen (secondary N) is 1. The Labute approximate surface area is 214 Å². The normalized spacial score (nSPS) is 15.3. The minimum atomic E-state index is -0.290. The number of aromatic amines is 1. The van der Waals surface area contributed by atoms with Crippen molar-refractivity contribution < 1.29 is 4.79 Å². The van der Waals surface area contributed by atoms with Crippen LogP contribution in [0.3, 0.4) is 0 Å². The molecule has 4 aromatic rings. The van der Waals surface area contributed by atoms with Crippen LogP contribution in [0, 0.1) is 0 Å². The molecule has 1 aromatic heterocycles. The molecule has 1 aliphatic rings. The Bertz CT molecular complexity index is 1530. The summed E-state index contributed by atoms with van der Waals surface area (Å²) in [5, 5.41) is 7.70. The Kier molecular flexibility index (Phi) is 6.37. The van der Waals surface area contributed by atoms with Gasteiger partial charge in [0.2, 0.25) is 5.91 Å². The van der Waals surface area contributed by atoms with E-state index in [2.05, 4.69) is 4.98 Å². The number of rotatable bonds is 5. The van der Waals surface area contributed by atoms with Gasteiger partial charge < -0.3 is 9.88 Å². The monoisotopic (exact) mass is 498 g/mol. The van der Waals surface area contributed by atoms with E-state index in [1.165, 1.54) is 5.01 Å². The van der Waals surface area contributed by atoms with Gasteiger partial charge in [-0.15, -0.1) is 0 Å². The fourth-order valence-electron chi connectivity index (χ4n) is 4.75. The van der Waals surface area contributed by atoms with Gasteiger partial charge in [0.25, 0.3) is 5.56 Å². The third-order valence-corrected chi connectivity index (χ3v) is 6.82. The summed E-state index contributed by atoms with van der Waals surface area (Å²) in [5.74, 6) is -0.0896. The highest BCUT2D eigenvalue weighted by Crippen LogP contribution is 2.38. The molecule has 0 spiro atoms. The van der Waals surface area contributed by atoms with E-state index in [0.29, 0.717) is 34.7 Å². The van der Waals surface area contributed by atoms with Crippen LogP contribution in [0.2, 0.25) is 5.02 Å². The smallest absolute Gasteiger partial charge is 0.258 e. The van der Waals surface area contributed by atoms with Crippen LogP contribution >= 0.6 is 11.6 Å². The maximum atomic E-state index is 13.5. The Morgan fingerprint density at radius 1 is 1.06 bits per heavy atom. The number of carbonyl (C=O) groups is 1. The first-order valence-electron chi connectivity index (χ1n) is 12.0. The molecular weight excluding hydrogens is 472 g/mol. The lowest BCUT2D eigenvalue weighted by atomic mass is 9.91. The van der Waals surface area contributed by atoms with Crippen LogP contribution < -0.4 is 10.5 Å². The Hall–Kier alpha value is -3.90. The van der Waals surface area contributed by atoms with Gasteiger partial charge in [0.15, 0.2) is 0 Å². The first kappa shape index (κ1) is 23.8. The molecule has 3 aromatic carbocycles. The fraction of sp³-hybridized carbons (Fsp3) is 0.207. The molecule has 0 fully saturated rings.